The van der Waals surface area contributed by atoms with Crippen molar-refractivity contribution in [3.63, 3.8) is 0 Å². The minimum atomic E-state index is -3.22. The van der Waals surface area contributed by atoms with Crippen molar-refractivity contribution in [2.45, 2.75) is 50.5 Å². The van der Waals surface area contributed by atoms with Crippen LogP contribution in [0.3, 0.4) is 0 Å². The first-order valence-electron chi connectivity index (χ1n) is 7.21. The second kappa shape index (κ2) is 8.65. The highest BCUT2D eigenvalue weighted by Crippen LogP contribution is 2.18. The van der Waals surface area contributed by atoms with Crippen LogP contribution in [0.25, 0.3) is 0 Å². The molecular formula is C15H24ClNO2S. The van der Waals surface area contributed by atoms with Crippen molar-refractivity contribution < 1.29 is 8.42 Å². The summed E-state index contributed by atoms with van der Waals surface area (Å²) in [5, 5.41) is 3.90. The molecule has 0 saturated carbocycles. The maximum Gasteiger partial charge on any atom is 0.178 e. The zero-order chi connectivity index (χ0) is 15.0. The molecule has 0 spiro atoms. The van der Waals surface area contributed by atoms with Gasteiger partial charge in [0.25, 0.3) is 0 Å². The summed E-state index contributed by atoms with van der Waals surface area (Å²) in [4.78, 5) is 0.319. The Bertz CT molecular complexity index is 502. The third-order valence-electron chi connectivity index (χ3n) is 3.30. The molecule has 0 radical (unpaired) electrons. The molecule has 1 unspecified atom stereocenters. The number of hydrogen-bond acceptors (Lipinski definition) is 3. The largest absolute Gasteiger partial charge is 0.314 e. The van der Waals surface area contributed by atoms with Crippen LogP contribution in [0.1, 0.15) is 39.5 Å². The molecule has 0 amide bonds. The predicted octanol–water partition coefficient (Wildman–Crippen LogP) is 3.67. The Morgan fingerprint density at radius 3 is 2.65 bits per heavy atom. The molecule has 0 aromatic heterocycles. The number of rotatable bonds is 9. The van der Waals surface area contributed by atoms with E-state index in [9.17, 15) is 8.42 Å². The Labute approximate surface area is 127 Å². The van der Waals surface area contributed by atoms with Crippen LogP contribution in [0, 0.1) is 0 Å². The van der Waals surface area contributed by atoms with E-state index in [4.69, 9.17) is 11.6 Å². The summed E-state index contributed by atoms with van der Waals surface area (Å²) in [6, 6.07) is 6.89. The molecule has 1 atom stereocenters. The third-order valence-corrected chi connectivity index (χ3v) is 5.33. The second-order valence-corrected chi connectivity index (χ2v) is 7.52. The Hall–Kier alpha value is -0.580. The molecule has 0 aliphatic carbocycles. The zero-order valence-electron chi connectivity index (χ0n) is 12.2. The highest BCUT2D eigenvalue weighted by Gasteiger charge is 2.15. The fourth-order valence-corrected chi connectivity index (χ4v) is 3.73. The van der Waals surface area contributed by atoms with E-state index >= 15 is 0 Å². The number of benzene rings is 1. The smallest absolute Gasteiger partial charge is 0.178 e. The Kier molecular flexibility index (Phi) is 7.56. The molecule has 0 aliphatic rings. The van der Waals surface area contributed by atoms with Crippen LogP contribution in [0.5, 0.6) is 0 Å². The van der Waals surface area contributed by atoms with Gasteiger partial charge in [0, 0.05) is 11.1 Å². The van der Waals surface area contributed by atoms with Gasteiger partial charge in [0.15, 0.2) is 9.84 Å². The quantitative estimate of drug-likeness (QED) is 0.756. The number of sulfone groups is 1. The lowest BCUT2D eigenvalue weighted by Gasteiger charge is -2.16. The summed E-state index contributed by atoms with van der Waals surface area (Å²) in [6.45, 7) is 5.24. The van der Waals surface area contributed by atoms with Gasteiger partial charge < -0.3 is 5.32 Å². The van der Waals surface area contributed by atoms with Gasteiger partial charge in [0.05, 0.1) is 10.6 Å². The molecule has 0 bridgehead atoms. The van der Waals surface area contributed by atoms with Gasteiger partial charge in [-0.15, -0.1) is 0 Å². The Morgan fingerprint density at radius 2 is 2.05 bits per heavy atom. The molecule has 3 nitrogen and oxygen atoms in total. The maximum absolute atomic E-state index is 12.2. The fourth-order valence-electron chi connectivity index (χ4n) is 2.10. The van der Waals surface area contributed by atoms with E-state index in [1.54, 1.807) is 18.2 Å². The van der Waals surface area contributed by atoms with Gasteiger partial charge >= 0.3 is 0 Å². The predicted molar refractivity (Wildman–Crippen MR) is 85.1 cm³/mol. The van der Waals surface area contributed by atoms with Crippen LogP contribution in [-0.2, 0) is 9.84 Å². The normalized spacial score (nSPS) is 13.3. The van der Waals surface area contributed by atoms with Gasteiger partial charge in [-0.1, -0.05) is 31.5 Å². The van der Waals surface area contributed by atoms with E-state index in [2.05, 4.69) is 19.2 Å². The average molecular weight is 318 g/mol. The average Bonchev–Trinajstić information content (AvgIpc) is 2.42. The number of hydrogen-bond donors (Lipinski definition) is 1. The van der Waals surface area contributed by atoms with Crippen LogP contribution in [0.2, 0.25) is 5.02 Å². The van der Waals surface area contributed by atoms with E-state index in [0.29, 0.717) is 22.4 Å². The summed E-state index contributed by atoms with van der Waals surface area (Å²) in [5.41, 5.74) is 0. The van der Waals surface area contributed by atoms with Crippen molar-refractivity contribution in [1.29, 1.82) is 0 Å². The zero-order valence-corrected chi connectivity index (χ0v) is 13.8. The van der Waals surface area contributed by atoms with Crippen molar-refractivity contribution in [2.24, 2.45) is 0 Å². The van der Waals surface area contributed by atoms with Gasteiger partial charge in [-0.05, 0) is 50.4 Å². The van der Waals surface area contributed by atoms with Crippen molar-refractivity contribution in [3.05, 3.63) is 29.3 Å². The van der Waals surface area contributed by atoms with Crippen LogP contribution in [0.4, 0.5) is 0 Å². The molecule has 0 saturated heterocycles. The van der Waals surface area contributed by atoms with E-state index in [-0.39, 0.29) is 5.75 Å². The van der Waals surface area contributed by atoms with E-state index < -0.39 is 9.84 Å². The first-order valence-corrected chi connectivity index (χ1v) is 9.24. The number of halogens is 1. The molecule has 0 heterocycles. The monoisotopic (exact) mass is 317 g/mol. The summed E-state index contributed by atoms with van der Waals surface area (Å²) < 4.78 is 24.4. The second-order valence-electron chi connectivity index (χ2n) is 4.98. The van der Waals surface area contributed by atoms with E-state index in [1.807, 2.05) is 0 Å². The highest BCUT2D eigenvalue weighted by molar-refractivity contribution is 7.91. The van der Waals surface area contributed by atoms with Crippen LogP contribution >= 0.6 is 11.6 Å². The lowest BCUT2D eigenvalue weighted by Crippen LogP contribution is -2.29. The van der Waals surface area contributed by atoms with Gasteiger partial charge in [-0.2, -0.15) is 0 Å². The molecule has 1 aromatic rings. The Balaban J connectivity index is 2.51. The molecule has 0 aliphatic heterocycles. The van der Waals surface area contributed by atoms with Crippen LogP contribution in [0.15, 0.2) is 29.2 Å². The minimum Gasteiger partial charge on any atom is -0.314 e. The lowest BCUT2D eigenvalue weighted by atomic mass is 10.1. The molecule has 0 fully saturated rings. The van der Waals surface area contributed by atoms with Crippen molar-refractivity contribution in [2.75, 3.05) is 12.3 Å². The standard InChI is InChI=1S/C15H24ClNO2S/c1-3-10-17-14(4-2)8-6-11-20(18,19)15-9-5-7-13(16)12-15/h5,7,9,12,14,17H,3-4,6,8,10-11H2,1-2H3. The molecule has 1 rings (SSSR count). The van der Waals surface area contributed by atoms with E-state index in [0.717, 1.165) is 25.8 Å². The SMILES string of the molecule is CCCNC(CC)CCCS(=O)(=O)c1cccc(Cl)c1. The topological polar surface area (TPSA) is 46.2 Å². The highest BCUT2D eigenvalue weighted by atomic mass is 35.5. The fraction of sp³-hybridized carbons (Fsp3) is 0.600. The van der Waals surface area contributed by atoms with Crippen molar-refractivity contribution in [3.8, 4) is 0 Å². The van der Waals surface area contributed by atoms with E-state index in [1.165, 1.54) is 6.07 Å². The number of nitrogens with one attached hydrogen (secondary N) is 1. The molecule has 1 aromatic carbocycles. The maximum atomic E-state index is 12.2. The lowest BCUT2D eigenvalue weighted by molar-refractivity contribution is 0.463. The summed E-state index contributed by atoms with van der Waals surface area (Å²) in [6.07, 6.45) is 3.68. The third kappa shape index (κ3) is 5.81. The summed E-state index contributed by atoms with van der Waals surface area (Å²) >= 11 is 5.84. The molecule has 114 valence electrons. The summed E-state index contributed by atoms with van der Waals surface area (Å²) in [7, 11) is -3.22. The molecule has 5 heteroatoms. The first-order chi connectivity index (χ1) is 9.49. The minimum absolute atomic E-state index is 0.178. The molecular weight excluding hydrogens is 294 g/mol. The van der Waals surface area contributed by atoms with Gasteiger partial charge in [-0.25, -0.2) is 8.42 Å². The molecule has 20 heavy (non-hydrogen) atoms. The molecule has 1 N–H and O–H groups in total. The van der Waals surface area contributed by atoms with Gasteiger partial charge in [-0.3, -0.25) is 0 Å². The Morgan fingerprint density at radius 1 is 1.30 bits per heavy atom. The van der Waals surface area contributed by atoms with Crippen molar-refractivity contribution >= 4 is 21.4 Å². The van der Waals surface area contributed by atoms with Crippen LogP contribution < -0.4 is 5.32 Å². The van der Waals surface area contributed by atoms with Gasteiger partial charge in [0.1, 0.15) is 0 Å². The van der Waals surface area contributed by atoms with Gasteiger partial charge in [0.2, 0.25) is 0 Å². The summed E-state index contributed by atoms with van der Waals surface area (Å²) in [5.74, 6) is 0.178. The van der Waals surface area contributed by atoms with Crippen molar-refractivity contribution in [1.82, 2.24) is 5.32 Å². The first kappa shape index (κ1) is 17.5. The van der Waals surface area contributed by atoms with Crippen LogP contribution in [-0.4, -0.2) is 26.8 Å².